The quantitative estimate of drug-likeness (QED) is 0.763. The van der Waals surface area contributed by atoms with Crippen molar-refractivity contribution in [1.82, 2.24) is 10.2 Å². The molecule has 6 heteroatoms. The second kappa shape index (κ2) is 9.27. The Morgan fingerprint density at radius 3 is 2.50 bits per heavy atom. The van der Waals surface area contributed by atoms with E-state index in [9.17, 15) is 9.59 Å². The number of likely N-dealkylation sites (N-methyl/N-ethyl adjacent to an activating group) is 1. The van der Waals surface area contributed by atoms with Gasteiger partial charge >= 0.3 is 0 Å². The van der Waals surface area contributed by atoms with Gasteiger partial charge in [-0.3, -0.25) is 14.5 Å². The predicted molar refractivity (Wildman–Crippen MR) is 94.1 cm³/mol. The molecule has 2 N–H and O–H groups in total. The lowest BCUT2D eigenvalue weighted by Gasteiger charge is -2.21. The molecular formula is C18H27N3O3. The first-order valence-electron chi connectivity index (χ1n) is 8.57. The first kappa shape index (κ1) is 18.3. The van der Waals surface area contributed by atoms with Gasteiger partial charge in [0.2, 0.25) is 11.8 Å². The Hall–Kier alpha value is -2.08. The summed E-state index contributed by atoms with van der Waals surface area (Å²) >= 11 is 0. The van der Waals surface area contributed by atoms with E-state index < -0.39 is 0 Å². The van der Waals surface area contributed by atoms with Crippen molar-refractivity contribution in [3.63, 3.8) is 0 Å². The highest BCUT2D eigenvalue weighted by atomic mass is 16.5. The van der Waals surface area contributed by atoms with Crippen LogP contribution >= 0.6 is 0 Å². The Kier molecular flexibility index (Phi) is 7.06. The number of nitrogens with zero attached hydrogens (tertiary/aromatic N) is 1. The third-order valence-corrected chi connectivity index (χ3v) is 4.28. The van der Waals surface area contributed by atoms with Crippen LogP contribution in [0.3, 0.4) is 0 Å². The standard InChI is InChI=1S/C18H27N3O3/c1-3-21(12-17(22)19-14-8-4-5-9-14)13-18(23)20-15-10-6-7-11-16(15)24-2/h6-7,10-11,14H,3-5,8-9,12-13H2,1-2H3,(H,19,22)(H,20,23). The van der Waals surface area contributed by atoms with Crippen molar-refractivity contribution in [3.05, 3.63) is 24.3 Å². The maximum Gasteiger partial charge on any atom is 0.238 e. The highest BCUT2D eigenvalue weighted by molar-refractivity contribution is 5.94. The number of anilines is 1. The molecule has 0 atom stereocenters. The summed E-state index contributed by atoms with van der Waals surface area (Å²) in [5, 5.41) is 5.89. The maximum atomic E-state index is 12.2. The molecule has 24 heavy (non-hydrogen) atoms. The Morgan fingerprint density at radius 1 is 1.17 bits per heavy atom. The third kappa shape index (κ3) is 5.53. The van der Waals surface area contributed by atoms with Gasteiger partial charge < -0.3 is 15.4 Å². The summed E-state index contributed by atoms with van der Waals surface area (Å²) in [7, 11) is 1.57. The molecule has 0 aromatic heterocycles. The van der Waals surface area contributed by atoms with E-state index in [1.807, 2.05) is 24.0 Å². The van der Waals surface area contributed by atoms with E-state index in [2.05, 4.69) is 10.6 Å². The van der Waals surface area contributed by atoms with Crippen LogP contribution in [-0.2, 0) is 9.59 Å². The molecule has 0 radical (unpaired) electrons. The minimum absolute atomic E-state index is 0.00570. The first-order chi connectivity index (χ1) is 11.6. The number of amides is 2. The van der Waals surface area contributed by atoms with Gasteiger partial charge in [0.1, 0.15) is 5.75 Å². The molecule has 1 fully saturated rings. The van der Waals surface area contributed by atoms with Crippen molar-refractivity contribution in [2.24, 2.45) is 0 Å². The fraction of sp³-hybridized carbons (Fsp3) is 0.556. The fourth-order valence-corrected chi connectivity index (χ4v) is 2.97. The minimum atomic E-state index is -0.157. The zero-order valence-corrected chi connectivity index (χ0v) is 14.5. The molecule has 1 aromatic carbocycles. The summed E-state index contributed by atoms with van der Waals surface area (Å²) in [5.41, 5.74) is 0.636. The van der Waals surface area contributed by atoms with Gasteiger partial charge in [-0.1, -0.05) is 31.9 Å². The largest absolute Gasteiger partial charge is 0.495 e. The van der Waals surface area contributed by atoms with Crippen LogP contribution in [0.1, 0.15) is 32.6 Å². The number of carbonyl (C=O) groups excluding carboxylic acids is 2. The topological polar surface area (TPSA) is 70.7 Å². The van der Waals surface area contributed by atoms with Crippen LogP contribution in [-0.4, -0.2) is 49.5 Å². The van der Waals surface area contributed by atoms with E-state index in [0.717, 1.165) is 12.8 Å². The minimum Gasteiger partial charge on any atom is -0.495 e. The number of para-hydroxylation sites is 2. The van der Waals surface area contributed by atoms with Crippen LogP contribution < -0.4 is 15.4 Å². The molecule has 0 unspecified atom stereocenters. The van der Waals surface area contributed by atoms with Gasteiger partial charge in [0, 0.05) is 6.04 Å². The summed E-state index contributed by atoms with van der Waals surface area (Å²) in [6.07, 6.45) is 4.49. The van der Waals surface area contributed by atoms with Gasteiger partial charge in [0.05, 0.1) is 25.9 Å². The van der Waals surface area contributed by atoms with Crippen molar-refractivity contribution >= 4 is 17.5 Å². The van der Waals surface area contributed by atoms with Crippen molar-refractivity contribution in [2.75, 3.05) is 32.1 Å². The number of nitrogens with one attached hydrogen (secondary N) is 2. The Labute approximate surface area is 143 Å². The number of benzene rings is 1. The lowest BCUT2D eigenvalue weighted by atomic mass is 10.2. The SMILES string of the molecule is CCN(CC(=O)Nc1ccccc1OC)CC(=O)NC1CCCC1. The van der Waals surface area contributed by atoms with E-state index in [4.69, 9.17) is 4.74 Å². The van der Waals surface area contributed by atoms with Gasteiger partial charge in [-0.2, -0.15) is 0 Å². The molecule has 0 spiro atoms. The lowest BCUT2D eigenvalue weighted by molar-refractivity contribution is -0.123. The van der Waals surface area contributed by atoms with E-state index in [0.29, 0.717) is 24.0 Å². The molecule has 1 saturated carbocycles. The molecule has 2 amide bonds. The van der Waals surface area contributed by atoms with Crippen LogP contribution in [0.4, 0.5) is 5.69 Å². The van der Waals surface area contributed by atoms with Crippen LogP contribution in [0, 0.1) is 0 Å². The molecule has 0 aliphatic heterocycles. The van der Waals surface area contributed by atoms with Gasteiger partial charge in [0.25, 0.3) is 0 Å². The summed E-state index contributed by atoms with van der Waals surface area (Å²) in [6, 6.07) is 7.58. The van der Waals surface area contributed by atoms with Crippen molar-refractivity contribution in [3.8, 4) is 5.75 Å². The van der Waals surface area contributed by atoms with Crippen LogP contribution in [0.25, 0.3) is 0 Å². The van der Waals surface area contributed by atoms with Crippen molar-refractivity contribution in [1.29, 1.82) is 0 Å². The number of carbonyl (C=O) groups is 2. The Morgan fingerprint density at radius 2 is 1.83 bits per heavy atom. The zero-order valence-electron chi connectivity index (χ0n) is 14.5. The molecule has 6 nitrogen and oxygen atoms in total. The molecule has 132 valence electrons. The molecule has 0 bridgehead atoms. The normalized spacial score (nSPS) is 14.6. The second-order valence-electron chi connectivity index (χ2n) is 6.10. The summed E-state index contributed by atoms with van der Waals surface area (Å²) in [4.78, 5) is 26.2. The van der Waals surface area contributed by atoms with Crippen LogP contribution in [0.5, 0.6) is 5.75 Å². The number of rotatable bonds is 8. The molecule has 0 saturated heterocycles. The van der Waals surface area contributed by atoms with E-state index in [-0.39, 0.29) is 24.9 Å². The highest BCUT2D eigenvalue weighted by Crippen LogP contribution is 2.22. The number of ether oxygens (including phenoxy) is 1. The smallest absolute Gasteiger partial charge is 0.238 e. The van der Waals surface area contributed by atoms with Gasteiger partial charge in [0.15, 0.2) is 0 Å². The molecule has 1 aliphatic rings. The van der Waals surface area contributed by atoms with Crippen molar-refractivity contribution in [2.45, 2.75) is 38.6 Å². The molecule has 1 aliphatic carbocycles. The maximum absolute atomic E-state index is 12.2. The summed E-state index contributed by atoms with van der Waals surface area (Å²) in [5.74, 6) is 0.455. The second-order valence-corrected chi connectivity index (χ2v) is 6.10. The first-order valence-corrected chi connectivity index (χ1v) is 8.57. The highest BCUT2D eigenvalue weighted by Gasteiger charge is 2.19. The number of hydrogen-bond donors (Lipinski definition) is 2. The average Bonchev–Trinajstić information content (AvgIpc) is 3.07. The van der Waals surface area contributed by atoms with Gasteiger partial charge in [-0.05, 0) is 31.5 Å². The molecular weight excluding hydrogens is 306 g/mol. The summed E-state index contributed by atoms with van der Waals surface area (Å²) < 4.78 is 5.22. The third-order valence-electron chi connectivity index (χ3n) is 4.28. The van der Waals surface area contributed by atoms with Gasteiger partial charge in [-0.15, -0.1) is 0 Å². The van der Waals surface area contributed by atoms with Crippen molar-refractivity contribution < 1.29 is 14.3 Å². The lowest BCUT2D eigenvalue weighted by Crippen LogP contribution is -2.43. The van der Waals surface area contributed by atoms with Crippen LogP contribution in [0.2, 0.25) is 0 Å². The molecule has 2 rings (SSSR count). The van der Waals surface area contributed by atoms with Crippen LogP contribution in [0.15, 0.2) is 24.3 Å². The number of hydrogen-bond acceptors (Lipinski definition) is 4. The monoisotopic (exact) mass is 333 g/mol. The fourth-order valence-electron chi connectivity index (χ4n) is 2.97. The van der Waals surface area contributed by atoms with E-state index >= 15 is 0 Å². The van der Waals surface area contributed by atoms with E-state index in [1.165, 1.54) is 12.8 Å². The Bertz CT molecular complexity index is 556. The zero-order chi connectivity index (χ0) is 17.4. The predicted octanol–water partition coefficient (Wildman–Crippen LogP) is 2.01. The molecule has 0 heterocycles. The number of methoxy groups -OCH3 is 1. The Balaban J connectivity index is 1.82. The van der Waals surface area contributed by atoms with E-state index in [1.54, 1.807) is 19.2 Å². The average molecular weight is 333 g/mol. The van der Waals surface area contributed by atoms with Gasteiger partial charge in [-0.25, -0.2) is 0 Å². The summed E-state index contributed by atoms with van der Waals surface area (Å²) in [6.45, 7) is 3.00. The molecule has 1 aromatic rings.